The third-order valence-electron chi connectivity index (χ3n) is 4.93. The Balaban J connectivity index is 1.82. The monoisotopic (exact) mass is 230 g/mol. The molecular weight excluding hydrogens is 204 g/mol. The number of hydrogen-bond acceptors (Lipinski definition) is 0. The van der Waals surface area contributed by atoms with Crippen molar-refractivity contribution >= 4 is 0 Å². The predicted octanol–water partition coefficient (Wildman–Crippen LogP) is 5.08. The molecule has 0 heteroatoms. The molecule has 2 atom stereocenters. The van der Waals surface area contributed by atoms with Gasteiger partial charge in [-0.25, -0.2) is 0 Å². The van der Waals surface area contributed by atoms with E-state index in [4.69, 9.17) is 0 Å². The van der Waals surface area contributed by atoms with Crippen LogP contribution in [0.15, 0.2) is 30.3 Å². The quantitative estimate of drug-likeness (QED) is 0.661. The second-order valence-electron chi connectivity index (χ2n) is 6.26. The minimum Gasteiger partial charge on any atom is -0.0654 e. The Morgan fingerprint density at radius 1 is 1.06 bits per heavy atom. The van der Waals surface area contributed by atoms with E-state index >= 15 is 0 Å². The minimum absolute atomic E-state index is 0.588. The molecule has 1 aromatic carbocycles. The van der Waals surface area contributed by atoms with E-state index < -0.39 is 0 Å². The first-order valence-corrected chi connectivity index (χ1v) is 7.18. The fourth-order valence-electron chi connectivity index (χ4n) is 3.44. The minimum atomic E-state index is 0.588. The van der Waals surface area contributed by atoms with E-state index in [-0.39, 0.29) is 0 Å². The van der Waals surface area contributed by atoms with Gasteiger partial charge >= 0.3 is 0 Å². The summed E-state index contributed by atoms with van der Waals surface area (Å²) in [6.07, 6.45) is 6.87. The molecule has 0 radical (unpaired) electrons. The smallest absolute Gasteiger partial charge is 0.0276 e. The molecule has 94 valence electrons. The van der Waals surface area contributed by atoms with Crippen molar-refractivity contribution in [2.45, 2.75) is 52.9 Å². The third-order valence-corrected chi connectivity index (χ3v) is 4.93. The van der Waals surface area contributed by atoms with Gasteiger partial charge in [-0.3, -0.25) is 0 Å². The van der Waals surface area contributed by atoms with E-state index in [1.54, 1.807) is 0 Å². The fourth-order valence-corrected chi connectivity index (χ4v) is 3.44. The maximum Gasteiger partial charge on any atom is -0.0276 e. The molecule has 0 aliphatic heterocycles. The second kappa shape index (κ2) is 5.25. The van der Waals surface area contributed by atoms with Crippen molar-refractivity contribution in [3.63, 3.8) is 0 Å². The molecule has 1 aromatic rings. The highest BCUT2D eigenvalue weighted by Crippen LogP contribution is 2.54. The van der Waals surface area contributed by atoms with Gasteiger partial charge in [-0.15, -0.1) is 0 Å². The zero-order valence-electron chi connectivity index (χ0n) is 11.6. The van der Waals surface area contributed by atoms with Crippen LogP contribution in [0, 0.1) is 17.3 Å². The van der Waals surface area contributed by atoms with Gasteiger partial charge in [0.05, 0.1) is 0 Å². The highest BCUT2D eigenvalue weighted by atomic mass is 14.5. The lowest BCUT2D eigenvalue weighted by Gasteiger charge is -2.53. The molecule has 2 rings (SSSR count). The molecule has 0 nitrogen and oxygen atoms in total. The van der Waals surface area contributed by atoms with Crippen molar-refractivity contribution in [1.29, 1.82) is 0 Å². The van der Waals surface area contributed by atoms with Crippen molar-refractivity contribution in [3.05, 3.63) is 35.9 Å². The topological polar surface area (TPSA) is 0 Å². The van der Waals surface area contributed by atoms with Gasteiger partial charge in [-0.2, -0.15) is 0 Å². The van der Waals surface area contributed by atoms with Crippen LogP contribution in [-0.4, -0.2) is 0 Å². The molecule has 0 amide bonds. The molecule has 0 unspecified atom stereocenters. The van der Waals surface area contributed by atoms with Crippen molar-refractivity contribution in [2.75, 3.05) is 0 Å². The largest absolute Gasteiger partial charge is 0.0654 e. The molecule has 17 heavy (non-hydrogen) atoms. The van der Waals surface area contributed by atoms with Crippen LogP contribution < -0.4 is 0 Å². The summed E-state index contributed by atoms with van der Waals surface area (Å²) in [5.41, 5.74) is 2.09. The molecule has 0 saturated heterocycles. The van der Waals surface area contributed by atoms with Crippen molar-refractivity contribution in [2.24, 2.45) is 17.3 Å². The van der Waals surface area contributed by atoms with Crippen LogP contribution in [0.25, 0.3) is 0 Å². The lowest BCUT2D eigenvalue weighted by molar-refractivity contribution is -0.0303. The van der Waals surface area contributed by atoms with Gasteiger partial charge in [-0.1, -0.05) is 63.9 Å². The van der Waals surface area contributed by atoms with Crippen LogP contribution in [0.2, 0.25) is 0 Å². The van der Waals surface area contributed by atoms with E-state index in [0.29, 0.717) is 5.41 Å². The summed E-state index contributed by atoms with van der Waals surface area (Å²) in [6, 6.07) is 10.9. The summed E-state index contributed by atoms with van der Waals surface area (Å²) in [5, 5.41) is 0. The summed E-state index contributed by atoms with van der Waals surface area (Å²) in [7, 11) is 0. The number of aryl methyl sites for hydroxylation is 1. The Morgan fingerprint density at radius 2 is 1.71 bits per heavy atom. The van der Waals surface area contributed by atoms with Gasteiger partial charge in [0.1, 0.15) is 0 Å². The lowest BCUT2D eigenvalue weighted by Crippen LogP contribution is -2.44. The van der Waals surface area contributed by atoms with Gasteiger partial charge in [-0.05, 0) is 42.1 Å². The molecule has 1 fully saturated rings. The lowest BCUT2D eigenvalue weighted by atomic mass is 9.52. The number of benzene rings is 1. The molecule has 0 spiro atoms. The third kappa shape index (κ3) is 2.73. The SMILES string of the molecule is CCC[C@H]1C[C@@H](CCc2ccccc2)C1(C)C. The zero-order chi connectivity index (χ0) is 12.3. The normalized spacial score (nSPS) is 26.5. The summed E-state index contributed by atoms with van der Waals surface area (Å²) >= 11 is 0. The fraction of sp³-hybridized carbons (Fsp3) is 0.647. The number of hydrogen-bond donors (Lipinski definition) is 0. The van der Waals surface area contributed by atoms with Crippen LogP contribution in [0.1, 0.15) is 52.0 Å². The van der Waals surface area contributed by atoms with E-state index in [1.165, 1.54) is 37.7 Å². The molecule has 1 aliphatic carbocycles. The molecular formula is C17H26. The number of rotatable bonds is 5. The average molecular weight is 230 g/mol. The van der Waals surface area contributed by atoms with E-state index in [1.807, 2.05) is 0 Å². The summed E-state index contributed by atoms with van der Waals surface area (Å²) in [5.74, 6) is 1.92. The molecule has 0 N–H and O–H groups in total. The van der Waals surface area contributed by atoms with E-state index in [9.17, 15) is 0 Å². The van der Waals surface area contributed by atoms with Crippen LogP contribution in [-0.2, 0) is 6.42 Å². The van der Waals surface area contributed by atoms with Gasteiger partial charge in [0, 0.05) is 0 Å². The first-order chi connectivity index (χ1) is 8.14. The first-order valence-electron chi connectivity index (χ1n) is 7.18. The Bertz CT molecular complexity index is 336. The Hall–Kier alpha value is -0.780. The Morgan fingerprint density at radius 3 is 2.29 bits per heavy atom. The second-order valence-corrected chi connectivity index (χ2v) is 6.26. The maximum absolute atomic E-state index is 2.48. The highest BCUT2D eigenvalue weighted by Gasteiger charge is 2.46. The summed E-state index contributed by atoms with van der Waals surface area (Å²) in [6.45, 7) is 7.27. The van der Waals surface area contributed by atoms with Crippen molar-refractivity contribution < 1.29 is 0 Å². The average Bonchev–Trinajstić information content (AvgIpc) is 2.34. The van der Waals surface area contributed by atoms with Gasteiger partial charge in [0.25, 0.3) is 0 Å². The van der Waals surface area contributed by atoms with Crippen LogP contribution in [0.5, 0.6) is 0 Å². The van der Waals surface area contributed by atoms with Crippen LogP contribution >= 0.6 is 0 Å². The van der Waals surface area contributed by atoms with E-state index in [2.05, 4.69) is 51.1 Å². The van der Waals surface area contributed by atoms with Crippen molar-refractivity contribution in [1.82, 2.24) is 0 Å². The maximum atomic E-state index is 2.48. The molecule has 0 bridgehead atoms. The standard InChI is InChI=1S/C17H26/c1-4-8-15-13-16(17(15,2)3)12-11-14-9-6-5-7-10-14/h5-7,9-10,15-16H,4,8,11-13H2,1-3H3/t15-,16+/m0/s1. The van der Waals surface area contributed by atoms with Gasteiger partial charge in [0.2, 0.25) is 0 Å². The molecule has 0 heterocycles. The molecule has 1 aliphatic rings. The Labute approximate surface area is 106 Å². The molecule has 0 aromatic heterocycles. The van der Waals surface area contributed by atoms with Crippen LogP contribution in [0.4, 0.5) is 0 Å². The first kappa shape index (κ1) is 12.7. The van der Waals surface area contributed by atoms with Crippen LogP contribution in [0.3, 0.4) is 0 Å². The predicted molar refractivity (Wildman–Crippen MR) is 75.0 cm³/mol. The van der Waals surface area contributed by atoms with Gasteiger partial charge in [0.15, 0.2) is 0 Å². The van der Waals surface area contributed by atoms with Crippen molar-refractivity contribution in [3.8, 4) is 0 Å². The zero-order valence-corrected chi connectivity index (χ0v) is 11.6. The van der Waals surface area contributed by atoms with Gasteiger partial charge < -0.3 is 0 Å². The summed E-state index contributed by atoms with van der Waals surface area (Å²) in [4.78, 5) is 0. The Kier molecular flexibility index (Phi) is 3.91. The highest BCUT2D eigenvalue weighted by molar-refractivity contribution is 5.15. The molecule has 1 saturated carbocycles. The summed E-state index contributed by atoms with van der Waals surface area (Å²) < 4.78 is 0. The van der Waals surface area contributed by atoms with E-state index in [0.717, 1.165) is 11.8 Å².